The van der Waals surface area contributed by atoms with E-state index in [1.807, 2.05) is 12.1 Å². The molecule has 0 aliphatic carbocycles. The number of pyridine rings is 1. The van der Waals surface area contributed by atoms with Crippen LogP contribution in [0.15, 0.2) is 29.9 Å². The fourth-order valence-corrected chi connectivity index (χ4v) is 3.00. The maximum atomic E-state index is 11.7. The Morgan fingerprint density at radius 1 is 1.43 bits per heavy atom. The third kappa shape index (κ3) is 5.28. The van der Waals surface area contributed by atoms with Crippen molar-refractivity contribution in [1.82, 2.24) is 9.97 Å². The number of hydrogen-bond acceptors (Lipinski definition) is 5. The average Bonchev–Trinajstić information content (AvgIpc) is 2.86. The number of thiazole rings is 1. The Bertz CT molecular complexity index is 596. The molecule has 0 saturated heterocycles. The number of carbonyl (C=O) groups excluding carboxylic acids is 1. The van der Waals surface area contributed by atoms with Crippen molar-refractivity contribution >= 4 is 31.3 Å². The molecule has 2 aromatic rings. The molecule has 2 aromatic heterocycles. The van der Waals surface area contributed by atoms with Gasteiger partial charge in [-0.3, -0.25) is 10.3 Å². The quantitative estimate of drug-likeness (QED) is 0.842. The maximum absolute atomic E-state index is 11.7. The SMILES string of the molecule is C[Si](C)(C)CCOC(=O)Nc1csc(-c2cccnc2)n1. The van der Waals surface area contributed by atoms with E-state index in [0.717, 1.165) is 16.6 Å². The third-order valence-electron chi connectivity index (χ3n) is 2.73. The van der Waals surface area contributed by atoms with Crippen LogP contribution in [0, 0.1) is 0 Å². The number of anilines is 1. The number of nitrogens with one attached hydrogen (secondary N) is 1. The molecule has 2 rings (SSSR count). The second-order valence-corrected chi connectivity index (χ2v) is 12.3. The predicted octanol–water partition coefficient (Wildman–Crippen LogP) is 4.09. The number of rotatable bonds is 5. The molecule has 0 fully saturated rings. The zero-order valence-corrected chi connectivity index (χ0v) is 14.2. The van der Waals surface area contributed by atoms with Gasteiger partial charge in [-0.15, -0.1) is 11.3 Å². The Labute approximate surface area is 129 Å². The number of nitrogens with zero attached hydrogens (tertiary/aromatic N) is 2. The van der Waals surface area contributed by atoms with Crippen molar-refractivity contribution in [2.24, 2.45) is 0 Å². The molecule has 0 aliphatic heterocycles. The molecule has 0 saturated carbocycles. The first kappa shape index (κ1) is 15.7. The highest BCUT2D eigenvalue weighted by Crippen LogP contribution is 2.24. The number of carbonyl (C=O) groups is 1. The summed E-state index contributed by atoms with van der Waals surface area (Å²) in [6, 6.07) is 4.74. The summed E-state index contributed by atoms with van der Waals surface area (Å²) in [5.74, 6) is 0.511. The summed E-state index contributed by atoms with van der Waals surface area (Å²) < 4.78 is 5.17. The number of hydrogen-bond donors (Lipinski definition) is 1. The van der Waals surface area contributed by atoms with Gasteiger partial charge in [-0.05, 0) is 18.2 Å². The molecule has 0 bridgehead atoms. The van der Waals surface area contributed by atoms with Crippen LogP contribution in [0.2, 0.25) is 25.7 Å². The van der Waals surface area contributed by atoms with Crippen molar-refractivity contribution in [2.75, 3.05) is 11.9 Å². The van der Waals surface area contributed by atoms with Gasteiger partial charge < -0.3 is 4.74 Å². The van der Waals surface area contributed by atoms with E-state index in [-0.39, 0.29) is 0 Å². The largest absolute Gasteiger partial charge is 0.450 e. The molecule has 0 atom stereocenters. The second kappa shape index (κ2) is 6.82. The number of amides is 1. The number of ether oxygens (including phenoxy) is 1. The summed E-state index contributed by atoms with van der Waals surface area (Å²) in [5, 5.41) is 5.27. The van der Waals surface area contributed by atoms with Crippen molar-refractivity contribution in [1.29, 1.82) is 0 Å². The van der Waals surface area contributed by atoms with Crippen molar-refractivity contribution in [3.05, 3.63) is 29.9 Å². The summed E-state index contributed by atoms with van der Waals surface area (Å²) in [6.45, 7) is 7.19. The summed E-state index contributed by atoms with van der Waals surface area (Å²) >= 11 is 1.46. The van der Waals surface area contributed by atoms with Gasteiger partial charge in [0, 0.05) is 31.4 Å². The molecule has 0 unspecified atom stereocenters. The topological polar surface area (TPSA) is 64.1 Å². The molecule has 0 aromatic carbocycles. The van der Waals surface area contributed by atoms with E-state index in [1.165, 1.54) is 11.3 Å². The Morgan fingerprint density at radius 2 is 2.24 bits per heavy atom. The van der Waals surface area contributed by atoms with E-state index in [9.17, 15) is 4.79 Å². The molecule has 1 amide bonds. The Kier molecular flexibility index (Phi) is 5.08. The minimum absolute atomic E-state index is 0.448. The van der Waals surface area contributed by atoms with Gasteiger partial charge in [-0.1, -0.05) is 19.6 Å². The first-order chi connectivity index (χ1) is 9.94. The first-order valence-electron chi connectivity index (χ1n) is 6.74. The Morgan fingerprint density at radius 3 is 2.90 bits per heavy atom. The fourth-order valence-electron chi connectivity index (χ4n) is 1.54. The van der Waals surface area contributed by atoms with E-state index < -0.39 is 14.2 Å². The van der Waals surface area contributed by atoms with Crippen LogP contribution in [-0.4, -0.2) is 30.7 Å². The van der Waals surface area contributed by atoms with E-state index in [1.54, 1.807) is 17.8 Å². The molecular formula is C14H19N3O2SSi. The Hall–Kier alpha value is -1.73. The molecule has 2 heterocycles. The number of aromatic nitrogens is 2. The standard InChI is InChI=1S/C14H19N3O2SSi/c1-21(2,3)8-7-19-14(18)17-12-10-20-13(16-12)11-5-4-6-15-9-11/h4-6,9-10H,7-8H2,1-3H3,(H,17,18). The molecule has 112 valence electrons. The van der Waals surface area contributed by atoms with Crippen LogP contribution < -0.4 is 5.32 Å². The fraction of sp³-hybridized carbons (Fsp3) is 0.357. The van der Waals surface area contributed by atoms with Gasteiger partial charge in [0.2, 0.25) is 0 Å². The minimum Gasteiger partial charge on any atom is -0.450 e. The lowest BCUT2D eigenvalue weighted by atomic mass is 10.3. The van der Waals surface area contributed by atoms with Crippen LogP contribution in [0.1, 0.15) is 0 Å². The first-order valence-corrected chi connectivity index (χ1v) is 11.3. The van der Waals surface area contributed by atoms with Gasteiger partial charge in [0.25, 0.3) is 0 Å². The van der Waals surface area contributed by atoms with Gasteiger partial charge in [-0.25, -0.2) is 9.78 Å². The van der Waals surface area contributed by atoms with Crippen molar-refractivity contribution < 1.29 is 9.53 Å². The highest BCUT2D eigenvalue weighted by atomic mass is 32.1. The summed E-state index contributed by atoms with van der Waals surface area (Å²) in [6.07, 6.45) is 3.01. The molecule has 0 radical (unpaired) electrons. The lowest BCUT2D eigenvalue weighted by Gasteiger charge is -2.15. The molecule has 7 heteroatoms. The minimum atomic E-state index is -1.18. The third-order valence-corrected chi connectivity index (χ3v) is 5.32. The monoisotopic (exact) mass is 321 g/mol. The molecule has 5 nitrogen and oxygen atoms in total. The van der Waals surface area contributed by atoms with Crippen LogP contribution in [0.5, 0.6) is 0 Å². The van der Waals surface area contributed by atoms with Crippen molar-refractivity contribution in [3.8, 4) is 10.6 Å². The van der Waals surface area contributed by atoms with Crippen LogP contribution in [-0.2, 0) is 4.74 Å². The van der Waals surface area contributed by atoms with Crippen LogP contribution in [0.25, 0.3) is 10.6 Å². The average molecular weight is 321 g/mol. The van der Waals surface area contributed by atoms with Crippen molar-refractivity contribution in [2.45, 2.75) is 25.7 Å². The maximum Gasteiger partial charge on any atom is 0.412 e. The molecule has 1 N–H and O–H groups in total. The Balaban J connectivity index is 1.87. The van der Waals surface area contributed by atoms with Crippen LogP contribution >= 0.6 is 11.3 Å². The van der Waals surface area contributed by atoms with E-state index >= 15 is 0 Å². The molecular weight excluding hydrogens is 302 g/mol. The van der Waals surface area contributed by atoms with Gasteiger partial charge in [0.15, 0.2) is 0 Å². The van der Waals surface area contributed by atoms with E-state index in [0.29, 0.717) is 12.4 Å². The van der Waals surface area contributed by atoms with E-state index in [4.69, 9.17) is 4.74 Å². The van der Waals surface area contributed by atoms with Gasteiger partial charge in [0.05, 0.1) is 6.61 Å². The molecule has 0 aliphatic rings. The summed E-state index contributed by atoms with van der Waals surface area (Å²) in [4.78, 5) is 20.1. The van der Waals surface area contributed by atoms with Gasteiger partial charge in [0.1, 0.15) is 10.8 Å². The van der Waals surface area contributed by atoms with Crippen molar-refractivity contribution in [3.63, 3.8) is 0 Å². The highest BCUT2D eigenvalue weighted by Gasteiger charge is 2.14. The zero-order valence-electron chi connectivity index (χ0n) is 12.4. The van der Waals surface area contributed by atoms with Crippen LogP contribution in [0.4, 0.5) is 10.6 Å². The zero-order chi connectivity index (χ0) is 15.3. The molecule has 21 heavy (non-hydrogen) atoms. The normalized spacial score (nSPS) is 11.2. The summed E-state index contributed by atoms with van der Waals surface area (Å²) in [5.41, 5.74) is 0.933. The van der Waals surface area contributed by atoms with Crippen LogP contribution in [0.3, 0.4) is 0 Å². The van der Waals surface area contributed by atoms with E-state index in [2.05, 4.69) is 34.9 Å². The second-order valence-electron chi connectivity index (χ2n) is 5.85. The lowest BCUT2D eigenvalue weighted by Crippen LogP contribution is -2.24. The highest BCUT2D eigenvalue weighted by molar-refractivity contribution is 7.13. The smallest absolute Gasteiger partial charge is 0.412 e. The summed E-state index contributed by atoms with van der Waals surface area (Å²) in [7, 11) is -1.18. The molecule has 0 spiro atoms. The predicted molar refractivity (Wildman–Crippen MR) is 88.5 cm³/mol. The van der Waals surface area contributed by atoms with Gasteiger partial charge >= 0.3 is 6.09 Å². The van der Waals surface area contributed by atoms with Gasteiger partial charge in [-0.2, -0.15) is 0 Å². The lowest BCUT2D eigenvalue weighted by molar-refractivity contribution is 0.167.